The predicted octanol–water partition coefficient (Wildman–Crippen LogP) is 2.29. The number of hydrogen-bond acceptors (Lipinski definition) is 5. The summed E-state index contributed by atoms with van der Waals surface area (Å²) in [6.45, 7) is 1.60. The van der Waals surface area contributed by atoms with Gasteiger partial charge in [-0.1, -0.05) is 12.1 Å². The van der Waals surface area contributed by atoms with Crippen molar-refractivity contribution in [2.75, 3.05) is 29.9 Å². The minimum Gasteiger partial charge on any atom is -0.374 e. The molecule has 7 nitrogen and oxygen atoms in total. The zero-order chi connectivity index (χ0) is 18.6. The smallest absolute Gasteiger partial charge is 0.239 e. The van der Waals surface area contributed by atoms with Crippen molar-refractivity contribution in [1.29, 1.82) is 0 Å². The van der Waals surface area contributed by atoms with Crippen LogP contribution in [0.3, 0.4) is 0 Å². The maximum Gasteiger partial charge on any atom is 0.239 e. The number of carbonyl (C=O) groups is 1. The third-order valence-corrected chi connectivity index (χ3v) is 4.73. The zero-order valence-electron chi connectivity index (χ0n) is 14.8. The highest BCUT2D eigenvalue weighted by Gasteiger charge is 2.23. The van der Waals surface area contributed by atoms with Gasteiger partial charge in [-0.3, -0.25) is 4.79 Å². The normalized spacial score (nSPS) is 17.1. The fourth-order valence-corrected chi connectivity index (χ4v) is 3.46. The van der Waals surface area contributed by atoms with E-state index in [0.717, 1.165) is 36.2 Å². The lowest BCUT2D eigenvalue weighted by Crippen LogP contribution is -2.49. The minimum atomic E-state index is -0.367. The number of carbonyl (C=O) groups excluding carboxylic acids is 1. The Labute approximate surface area is 156 Å². The van der Waals surface area contributed by atoms with Crippen LogP contribution in [0, 0.1) is 5.82 Å². The van der Waals surface area contributed by atoms with Gasteiger partial charge in [0.25, 0.3) is 0 Å². The van der Waals surface area contributed by atoms with Crippen LogP contribution >= 0.6 is 0 Å². The molecule has 1 saturated heterocycles. The van der Waals surface area contributed by atoms with Crippen LogP contribution in [0.5, 0.6) is 0 Å². The number of rotatable bonds is 5. The van der Waals surface area contributed by atoms with Crippen molar-refractivity contribution in [3.8, 4) is 0 Å². The van der Waals surface area contributed by atoms with Gasteiger partial charge in [0.2, 0.25) is 5.91 Å². The Bertz CT molecular complexity index is 943. The summed E-state index contributed by atoms with van der Waals surface area (Å²) >= 11 is 0. The summed E-state index contributed by atoms with van der Waals surface area (Å²) in [5.74, 6) is 0.359. The molecular formula is C19H21FN6O. The number of aromatic nitrogens is 3. The van der Waals surface area contributed by atoms with E-state index in [1.807, 2.05) is 12.3 Å². The van der Waals surface area contributed by atoms with Gasteiger partial charge in [-0.05, 0) is 31.0 Å². The number of nitrogens with zero attached hydrogens (tertiary/aromatic N) is 3. The maximum absolute atomic E-state index is 13.6. The number of para-hydroxylation sites is 1. The summed E-state index contributed by atoms with van der Waals surface area (Å²) in [5.41, 5.74) is 1.13. The van der Waals surface area contributed by atoms with Crippen LogP contribution in [0.1, 0.15) is 12.8 Å². The van der Waals surface area contributed by atoms with Crippen molar-refractivity contribution in [3.05, 3.63) is 48.7 Å². The number of benzene rings is 1. The molecule has 8 heteroatoms. The van der Waals surface area contributed by atoms with Crippen molar-refractivity contribution >= 4 is 28.4 Å². The monoisotopic (exact) mass is 368 g/mol. The van der Waals surface area contributed by atoms with Crippen LogP contribution in [-0.2, 0) is 4.79 Å². The lowest BCUT2D eigenvalue weighted by molar-refractivity contribution is -0.120. The van der Waals surface area contributed by atoms with Crippen LogP contribution in [0.25, 0.3) is 11.0 Å². The molecule has 0 aliphatic carbocycles. The quantitative estimate of drug-likeness (QED) is 0.643. The van der Waals surface area contributed by atoms with Crippen molar-refractivity contribution < 1.29 is 9.18 Å². The van der Waals surface area contributed by atoms with E-state index in [-0.39, 0.29) is 24.3 Å². The highest BCUT2D eigenvalue weighted by Crippen LogP contribution is 2.25. The molecule has 3 N–H and O–H groups in total. The van der Waals surface area contributed by atoms with E-state index in [1.165, 1.54) is 6.07 Å². The number of halogens is 1. The molecule has 1 fully saturated rings. The van der Waals surface area contributed by atoms with E-state index >= 15 is 0 Å². The molecule has 0 spiro atoms. The molecule has 0 bridgehead atoms. The van der Waals surface area contributed by atoms with Gasteiger partial charge >= 0.3 is 0 Å². The molecular weight excluding hydrogens is 347 g/mol. The van der Waals surface area contributed by atoms with Gasteiger partial charge < -0.3 is 20.5 Å². The number of H-pyrrole nitrogens is 1. The molecule has 140 valence electrons. The summed E-state index contributed by atoms with van der Waals surface area (Å²) < 4.78 is 13.6. The van der Waals surface area contributed by atoms with Crippen LogP contribution in [0.4, 0.5) is 15.9 Å². The largest absolute Gasteiger partial charge is 0.374 e. The van der Waals surface area contributed by atoms with Crippen LogP contribution in [0.2, 0.25) is 0 Å². The van der Waals surface area contributed by atoms with Gasteiger partial charge in [-0.2, -0.15) is 0 Å². The number of hydrogen-bond donors (Lipinski definition) is 3. The lowest BCUT2D eigenvalue weighted by atomic mass is 10.1. The molecule has 0 unspecified atom stereocenters. The topological polar surface area (TPSA) is 85.9 Å². The molecule has 1 aliphatic rings. The maximum atomic E-state index is 13.6. The number of amides is 1. The molecule has 27 heavy (non-hydrogen) atoms. The Balaban J connectivity index is 1.36. The number of aromatic amines is 1. The summed E-state index contributed by atoms with van der Waals surface area (Å²) in [4.78, 5) is 26.2. The third-order valence-electron chi connectivity index (χ3n) is 4.73. The standard InChI is InChI=1S/C19H21FN6O/c20-15-5-1-2-6-16(15)22-10-17(27)25-13-4-3-9-26(11-13)19-14-7-8-21-18(14)23-12-24-19/h1-2,5-8,12-13,22H,3-4,9-11H2,(H,25,27)(H,21,23,24)/t13-/m1/s1. The highest BCUT2D eigenvalue weighted by molar-refractivity contribution is 5.87. The van der Waals surface area contributed by atoms with Crippen molar-refractivity contribution in [3.63, 3.8) is 0 Å². The SMILES string of the molecule is O=C(CNc1ccccc1F)N[C@@H]1CCCN(c2ncnc3[nH]ccc23)C1. The first kappa shape index (κ1) is 17.3. The first-order valence-electron chi connectivity index (χ1n) is 9.01. The average Bonchev–Trinajstić information content (AvgIpc) is 3.16. The summed E-state index contributed by atoms with van der Waals surface area (Å²) in [6.07, 6.45) is 5.26. The van der Waals surface area contributed by atoms with Crippen molar-refractivity contribution in [1.82, 2.24) is 20.3 Å². The summed E-state index contributed by atoms with van der Waals surface area (Å²) in [6, 6.07) is 8.31. The third kappa shape index (κ3) is 3.84. The van der Waals surface area contributed by atoms with E-state index in [2.05, 4.69) is 30.5 Å². The molecule has 2 aromatic heterocycles. The highest BCUT2D eigenvalue weighted by atomic mass is 19.1. The van der Waals surface area contributed by atoms with E-state index in [1.54, 1.807) is 24.5 Å². The first-order chi connectivity index (χ1) is 13.2. The fourth-order valence-electron chi connectivity index (χ4n) is 3.46. The van der Waals surface area contributed by atoms with E-state index in [0.29, 0.717) is 12.2 Å². The molecule has 3 heterocycles. The first-order valence-corrected chi connectivity index (χ1v) is 9.01. The van der Waals surface area contributed by atoms with Crippen molar-refractivity contribution in [2.24, 2.45) is 0 Å². The Hall–Kier alpha value is -3.16. The predicted molar refractivity (Wildman–Crippen MR) is 102 cm³/mol. The van der Waals surface area contributed by atoms with E-state index < -0.39 is 0 Å². The molecule has 0 radical (unpaired) electrons. The molecule has 1 aliphatic heterocycles. The van der Waals surface area contributed by atoms with Gasteiger partial charge in [0.15, 0.2) is 0 Å². The molecule has 0 saturated carbocycles. The number of nitrogens with one attached hydrogen (secondary N) is 3. The molecule has 3 aromatic rings. The Kier molecular flexibility index (Phi) is 4.86. The van der Waals surface area contributed by atoms with Crippen LogP contribution in [0.15, 0.2) is 42.9 Å². The number of fused-ring (bicyclic) bond motifs is 1. The number of anilines is 2. The van der Waals surface area contributed by atoms with Gasteiger partial charge in [0, 0.05) is 25.3 Å². The zero-order valence-corrected chi connectivity index (χ0v) is 14.8. The van der Waals surface area contributed by atoms with Gasteiger partial charge in [0.05, 0.1) is 17.6 Å². The second kappa shape index (κ2) is 7.61. The van der Waals surface area contributed by atoms with Crippen molar-refractivity contribution in [2.45, 2.75) is 18.9 Å². The fraction of sp³-hybridized carbons (Fsp3) is 0.316. The Morgan fingerprint density at radius 3 is 3.07 bits per heavy atom. The molecule has 1 atom stereocenters. The van der Waals surface area contributed by atoms with Crippen LogP contribution in [-0.4, -0.2) is 46.5 Å². The van der Waals surface area contributed by atoms with E-state index in [4.69, 9.17) is 0 Å². The van der Waals surface area contributed by atoms with E-state index in [9.17, 15) is 9.18 Å². The molecule has 4 rings (SSSR count). The molecule has 1 aromatic carbocycles. The second-order valence-corrected chi connectivity index (χ2v) is 6.62. The van der Waals surface area contributed by atoms with Gasteiger partial charge in [0.1, 0.15) is 23.6 Å². The van der Waals surface area contributed by atoms with Crippen LogP contribution < -0.4 is 15.5 Å². The summed E-state index contributed by atoms with van der Waals surface area (Å²) in [7, 11) is 0. The number of piperidine rings is 1. The summed E-state index contributed by atoms with van der Waals surface area (Å²) in [5, 5.41) is 6.85. The van der Waals surface area contributed by atoms with Gasteiger partial charge in [-0.15, -0.1) is 0 Å². The average molecular weight is 368 g/mol. The second-order valence-electron chi connectivity index (χ2n) is 6.62. The van der Waals surface area contributed by atoms with Gasteiger partial charge in [-0.25, -0.2) is 14.4 Å². The molecule has 1 amide bonds. The lowest BCUT2D eigenvalue weighted by Gasteiger charge is -2.34. The Morgan fingerprint density at radius 2 is 2.19 bits per heavy atom. The Morgan fingerprint density at radius 1 is 1.30 bits per heavy atom. The minimum absolute atomic E-state index is 0.0256.